The van der Waals surface area contributed by atoms with Crippen molar-refractivity contribution in [3.8, 4) is 0 Å². The van der Waals surface area contributed by atoms with Crippen LogP contribution in [0.4, 0.5) is 0 Å². The van der Waals surface area contributed by atoms with Crippen LogP contribution in [0.2, 0.25) is 0 Å². The summed E-state index contributed by atoms with van der Waals surface area (Å²) in [7, 11) is 0. The van der Waals surface area contributed by atoms with Crippen LogP contribution in [-0.2, 0) is 11.2 Å². The summed E-state index contributed by atoms with van der Waals surface area (Å²) in [5.74, 6) is 0.0925. The standard InChI is InChI=1S/C18H18N4O3S/c23-15(11-13-3-2-10-26-13)21-8-5-12(6-9-21)22-17(24)14-4-1-7-19-16(14)20-18(22)25/h1-4,7,10,12H,5-6,8-9,11H2,(H,19,20,25). The van der Waals surface area contributed by atoms with Gasteiger partial charge < -0.3 is 4.90 Å². The lowest BCUT2D eigenvalue weighted by Crippen LogP contribution is -2.45. The van der Waals surface area contributed by atoms with Gasteiger partial charge in [-0.2, -0.15) is 0 Å². The summed E-state index contributed by atoms with van der Waals surface area (Å²) in [6, 6.07) is 7.03. The summed E-state index contributed by atoms with van der Waals surface area (Å²) in [5.41, 5.74) is -0.452. The Morgan fingerprint density at radius 1 is 1.23 bits per heavy atom. The summed E-state index contributed by atoms with van der Waals surface area (Å²) >= 11 is 1.57. The molecule has 0 atom stereocenters. The molecule has 0 bridgehead atoms. The van der Waals surface area contributed by atoms with Crippen LogP contribution < -0.4 is 11.2 Å². The quantitative estimate of drug-likeness (QED) is 0.758. The van der Waals surface area contributed by atoms with Crippen molar-refractivity contribution in [2.24, 2.45) is 0 Å². The normalized spacial score (nSPS) is 15.5. The Bertz CT molecular complexity index is 1050. The van der Waals surface area contributed by atoms with E-state index in [1.165, 1.54) is 4.57 Å². The monoisotopic (exact) mass is 370 g/mol. The van der Waals surface area contributed by atoms with Gasteiger partial charge in [0.1, 0.15) is 5.65 Å². The molecule has 0 saturated carbocycles. The molecule has 3 aromatic rings. The van der Waals surface area contributed by atoms with Crippen LogP contribution in [0.1, 0.15) is 23.8 Å². The van der Waals surface area contributed by atoms with Crippen LogP contribution in [0.5, 0.6) is 0 Å². The molecule has 0 unspecified atom stereocenters. The zero-order chi connectivity index (χ0) is 18.1. The molecular formula is C18H18N4O3S. The Balaban J connectivity index is 1.52. The zero-order valence-electron chi connectivity index (χ0n) is 14.1. The number of nitrogens with zero attached hydrogens (tertiary/aromatic N) is 3. The number of aromatic nitrogens is 3. The molecule has 1 saturated heterocycles. The number of fused-ring (bicyclic) bond motifs is 1. The van der Waals surface area contributed by atoms with Crippen molar-refractivity contribution >= 4 is 28.3 Å². The number of piperidine rings is 1. The summed E-state index contributed by atoms with van der Waals surface area (Å²) in [6.45, 7) is 1.09. The average molecular weight is 370 g/mol. The van der Waals surface area contributed by atoms with Gasteiger partial charge in [-0.15, -0.1) is 11.3 Å². The fourth-order valence-electron chi connectivity index (χ4n) is 3.44. The van der Waals surface area contributed by atoms with Crippen LogP contribution in [0.15, 0.2) is 45.4 Å². The molecule has 134 valence electrons. The van der Waals surface area contributed by atoms with Crippen LogP contribution in [0.3, 0.4) is 0 Å². The van der Waals surface area contributed by atoms with Crippen molar-refractivity contribution in [1.82, 2.24) is 19.4 Å². The fourth-order valence-corrected chi connectivity index (χ4v) is 4.14. The number of hydrogen-bond acceptors (Lipinski definition) is 5. The molecule has 26 heavy (non-hydrogen) atoms. The van der Waals surface area contributed by atoms with Crippen LogP contribution in [0, 0.1) is 0 Å². The third kappa shape index (κ3) is 3.08. The SMILES string of the molecule is O=C(Cc1cccs1)N1CCC(n2c(=O)[nH]c3ncccc3c2=O)CC1. The maximum Gasteiger partial charge on any atom is 0.330 e. The zero-order valence-corrected chi connectivity index (χ0v) is 14.9. The van der Waals surface area contributed by atoms with Crippen molar-refractivity contribution < 1.29 is 4.79 Å². The van der Waals surface area contributed by atoms with Gasteiger partial charge in [-0.1, -0.05) is 6.07 Å². The highest BCUT2D eigenvalue weighted by atomic mass is 32.1. The number of likely N-dealkylation sites (tertiary alicyclic amines) is 1. The van der Waals surface area contributed by atoms with E-state index in [0.29, 0.717) is 43.4 Å². The van der Waals surface area contributed by atoms with E-state index in [-0.39, 0.29) is 17.5 Å². The van der Waals surface area contributed by atoms with Crippen LogP contribution in [-0.4, -0.2) is 38.4 Å². The molecule has 8 heteroatoms. The Morgan fingerprint density at radius 2 is 2.04 bits per heavy atom. The second-order valence-electron chi connectivity index (χ2n) is 6.37. The minimum Gasteiger partial charge on any atom is -0.342 e. The van der Waals surface area contributed by atoms with Crippen molar-refractivity contribution in [2.45, 2.75) is 25.3 Å². The van der Waals surface area contributed by atoms with Gasteiger partial charge in [0.05, 0.1) is 11.8 Å². The predicted molar refractivity (Wildman–Crippen MR) is 99.5 cm³/mol. The summed E-state index contributed by atoms with van der Waals surface area (Å²) in [4.78, 5) is 47.1. The third-order valence-electron chi connectivity index (χ3n) is 4.79. The molecule has 3 aromatic heterocycles. The third-order valence-corrected chi connectivity index (χ3v) is 5.67. The molecule has 7 nitrogen and oxygen atoms in total. The van der Waals surface area contributed by atoms with Gasteiger partial charge in [0.15, 0.2) is 0 Å². The van der Waals surface area contributed by atoms with E-state index in [4.69, 9.17) is 0 Å². The lowest BCUT2D eigenvalue weighted by Gasteiger charge is -2.32. The van der Waals surface area contributed by atoms with E-state index in [1.807, 2.05) is 22.4 Å². The molecule has 1 amide bonds. The number of aromatic amines is 1. The van der Waals surface area contributed by atoms with Crippen LogP contribution in [0.25, 0.3) is 11.0 Å². The molecule has 4 rings (SSSR count). The molecule has 0 radical (unpaired) electrons. The number of carbonyl (C=O) groups excluding carboxylic acids is 1. The van der Waals surface area contributed by atoms with E-state index in [9.17, 15) is 14.4 Å². The van der Waals surface area contributed by atoms with E-state index in [0.717, 1.165) is 4.88 Å². The lowest BCUT2D eigenvalue weighted by molar-refractivity contribution is -0.131. The number of amides is 1. The molecule has 0 aliphatic carbocycles. The first-order valence-electron chi connectivity index (χ1n) is 8.53. The number of pyridine rings is 1. The van der Waals surface area contributed by atoms with Gasteiger partial charge in [0.25, 0.3) is 5.56 Å². The van der Waals surface area contributed by atoms with E-state index >= 15 is 0 Å². The van der Waals surface area contributed by atoms with E-state index < -0.39 is 5.69 Å². The topological polar surface area (TPSA) is 88.1 Å². The van der Waals surface area contributed by atoms with Gasteiger partial charge in [-0.05, 0) is 36.4 Å². The summed E-state index contributed by atoms with van der Waals surface area (Å²) in [6.07, 6.45) is 3.13. The fraction of sp³-hybridized carbons (Fsp3) is 0.333. The van der Waals surface area contributed by atoms with E-state index in [2.05, 4.69) is 9.97 Å². The molecule has 1 aliphatic heterocycles. The highest BCUT2D eigenvalue weighted by Gasteiger charge is 2.26. The van der Waals surface area contributed by atoms with Crippen molar-refractivity contribution in [3.63, 3.8) is 0 Å². The number of rotatable bonds is 3. The molecule has 1 N–H and O–H groups in total. The van der Waals surface area contributed by atoms with Gasteiger partial charge >= 0.3 is 5.69 Å². The number of carbonyl (C=O) groups is 1. The maximum atomic E-state index is 12.7. The predicted octanol–water partition coefficient (Wildman–Crippen LogP) is 1.55. The Hall–Kier alpha value is -2.74. The second-order valence-corrected chi connectivity index (χ2v) is 7.41. The largest absolute Gasteiger partial charge is 0.342 e. The molecular weight excluding hydrogens is 352 g/mol. The Kier molecular flexibility index (Phi) is 4.42. The second kappa shape index (κ2) is 6.87. The highest BCUT2D eigenvalue weighted by Crippen LogP contribution is 2.21. The number of thiophene rings is 1. The molecule has 0 aromatic carbocycles. The smallest absolute Gasteiger partial charge is 0.330 e. The van der Waals surface area contributed by atoms with Crippen molar-refractivity contribution in [1.29, 1.82) is 0 Å². The minimum atomic E-state index is -0.440. The first-order valence-corrected chi connectivity index (χ1v) is 9.41. The molecule has 1 aliphatic rings. The molecule has 0 spiro atoms. The average Bonchev–Trinajstić information content (AvgIpc) is 3.15. The number of hydrogen-bond donors (Lipinski definition) is 1. The molecule has 4 heterocycles. The van der Waals surface area contributed by atoms with Crippen molar-refractivity contribution in [2.75, 3.05) is 13.1 Å². The number of nitrogens with one attached hydrogen (secondary N) is 1. The maximum absolute atomic E-state index is 12.7. The van der Waals surface area contributed by atoms with Gasteiger partial charge in [-0.25, -0.2) is 9.78 Å². The highest BCUT2D eigenvalue weighted by molar-refractivity contribution is 7.10. The Labute approximate surface area is 152 Å². The molecule has 1 fully saturated rings. The lowest BCUT2D eigenvalue weighted by atomic mass is 10.0. The first kappa shape index (κ1) is 16.7. The minimum absolute atomic E-state index is 0.0925. The summed E-state index contributed by atoms with van der Waals surface area (Å²) < 4.78 is 1.28. The Morgan fingerprint density at radius 3 is 2.77 bits per heavy atom. The van der Waals surface area contributed by atoms with Gasteiger partial charge in [0, 0.05) is 30.2 Å². The summed E-state index contributed by atoms with van der Waals surface area (Å²) in [5, 5.41) is 2.37. The van der Waals surface area contributed by atoms with Gasteiger partial charge in [0.2, 0.25) is 5.91 Å². The number of H-pyrrole nitrogens is 1. The van der Waals surface area contributed by atoms with Gasteiger partial charge in [-0.3, -0.25) is 19.1 Å². The van der Waals surface area contributed by atoms with Crippen molar-refractivity contribution in [3.05, 3.63) is 61.6 Å². The van der Waals surface area contributed by atoms with E-state index in [1.54, 1.807) is 29.7 Å². The van der Waals surface area contributed by atoms with Crippen LogP contribution >= 0.6 is 11.3 Å². The first-order chi connectivity index (χ1) is 12.6.